The van der Waals surface area contributed by atoms with Crippen LogP contribution in [0.1, 0.15) is 18.2 Å². The number of hydrogen-bond acceptors (Lipinski definition) is 3. The maximum absolute atomic E-state index is 6.14. The Bertz CT molecular complexity index is 613. The molecule has 0 spiro atoms. The average molecular weight is 304 g/mol. The Hall–Kier alpha value is -1.58. The smallest absolute Gasteiger partial charge is 0.0923 e. The van der Waals surface area contributed by atoms with Crippen molar-refractivity contribution in [3.63, 3.8) is 0 Å². The number of alkyl halides is 1. The second-order valence-electron chi connectivity index (χ2n) is 5.86. The highest BCUT2D eigenvalue weighted by atomic mass is 35.5. The summed E-state index contributed by atoms with van der Waals surface area (Å²) in [5.41, 5.74) is 11.4. The van der Waals surface area contributed by atoms with Crippen molar-refractivity contribution < 1.29 is 0 Å². The van der Waals surface area contributed by atoms with Gasteiger partial charge in [-0.15, -0.1) is 11.6 Å². The summed E-state index contributed by atoms with van der Waals surface area (Å²) in [5.74, 6) is 0. The lowest BCUT2D eigenvalue weighted by Crippen LogP contribution is -2.31. The Balaban J connectivity index is 2.34. The number of rotatable bonds is 4. The summed E-state index contributed by atoms with van der Waals surface area (Å²) in [6.45, 7) is 3.80. The van der Waals surface area contributed by atoms with Crippen molar-refractivity contribution in [1.29, 1.82) is 0 Å². The van der Waals surface area contributed by atoms with Gasteiger partial charge in [0.25, 0.3) is 0 Å². The number of halogens is 1. The quantitative estimate of drug-likeness (QED) is 0.693. The van der Waals surface area contributed by atoms with E-state index in [0.29, 0.717) is 6.42 Å². The Labute approximate surface area is 131 Å². The molecule has 1 atom stereocenters. The second kappa shape index (κ2) is 6.04. The Morgan fingerprint density at radius 2 is 1.81 bits per heavy atom. The highest BCUT2D eigenvalue weighted by Crippen LogP contribution is 2.25. The molecule has 2 rings (SSSR count). The molecule has 0 bridgehead atoms. The van der Waals surface area contributed by atoms with Gasteiger partial charge in [0.05, 0.1) is 5.00 Å². The predicted molar refractivity (Wildman–Crippen MR) is 90.9 cm³/mol. The zero-order chi connectivity index (χ0) is 15.6. The van der Waals surface area contributed by atoms with E-state index in [4.69, 9.17) is 17.3 Å². The van der Waals surface area contributed by atoms with E-state index in [1.54, 1.807) is 0 Å². The number of benzene rings is 1. The van der Waals surface area contributed by atoms with Crippen LogP contribution >= 0.6 is 11.6 Å². The van der Waals surface area contributed by atoms with E-state index in [1.165, 1.54) is 5.69 Å². The van der Waals surface area contributed by atoms with E-state index < -0.39 is 5.00 Å². The predicted octanol–water partition coefficient (Wildman–Crippen LogP) is 3.58. The van der Waals surface area contributed by atoms with Crippen molar-refractivity contribution in [1.82, 2.24) is 4.98 Å². The van der Waals surface area contributed by atoms with Gasteiger partial charge in [-0.2, -0.15) is 0 Å². The van der Waals surface area contributed by atoms with Crippen molar-refractivity contribution in [2.45, 2.75) is 25.3 Å². The topological polar surface area (TPSA) is 42.2 Å². The van der Waals surface area contributed by atoms with Crippen molar-refractivity contribution in [2.24, 2.45) is 5.73 Å². The molecule has 0 aliphatic rings. The number of nitrogens with two attached hydrogens (primary N) is 1. The van der Waals surface area contributed by atoms with Crippen LogP contribution in [0.15, 0.2) is 36.5 Å². The average Bonchev–Trinajstić information content (AvgIpc) is 2.40. The first-order chi connectivity index (χ1) is 9.76. The van der Waals surface area contributed by atoms with E-state index in [9.17, 15) is 0 Å². The van der Waals surface area contributed by atoms with Crippen molar-refractivity contribution in [3.05, 3.63) is 47.8 Å². The van der Waals surface area contributed by atoms with Gasteiger partial charge in [0.15, 0.2) is 0 Å². The monoisotopic (exact) mass is 303 g/mol. The van der Waals surface area contributed by atoms with E-state index in [2.05, 4.69) is 40.2 Å². The lowest BCUT2D eigenvalue weighted by atomic mass is 10.00. The van der Waals surface area contributed by atoms with Gasteiger partial charge in [0.2, 0.25) is 0 Å². The summed E-state index contributed by atoms with van der Waals surface area (Å²) in [6, 6.07) is 10.5. The van der Waals surface area contributed by atoms with Gasteiger partial charge in [-0.1, -0.05) is 12.1 Å². The van der Waals surface area contributed by atoms with E-state index in [1.807, 2.05) is 34.1 Å². The van der Waals surface area contributed by atoms with Gasteiger partial charge < -0.3 is 10.6 Å². The lowest BCUT2D eigenvalue weighted by Gasteiger charge is -2.18. The molecule has 21 heavy (non-hydrogen) atoms. The van der Waals surface area contributed by atoms with Crippen LogP contribution in [0.3, 0.4) is 0 Å². The molecule has 0 aliphatic heterocycles. The first kappa shape index (κ1) is 15.8. The third kappa shape index (κ3) is 4.19. The largest absolute Gasteiger partial charge is 0.378 e. The minimum absolute atomic E-state index is 0.594. The first-order valence-corrected chi connectivity index (χ1v) is 7.35. The maximum Gasteiger partial charge on any atom is 0.0923 e. The van der Waals surface area contributed by atoms with Gasteiger partial charge >= 0.3 is 0 Å². The van der Waals surface area contributed by atoms with Crippen LogP contribution in [0, 0.1) is 6.92 Å². The summed E-state index contributed by atoms with van der Waals surface area (Å²) < 4.78 is 0. The molecule has 2 aromatic rings. The fraction of sp³-hybridized carbons (Fsp3) is 0.353. The SMILES string of the molecule is Cc1ncc(-c2ccc(N(C)C)cc2)cc1CC(C)(N)Cl. The second-order valence-corrected chi connectivity index (χ2v) is 6.73. The molecule has 0 aliphatic carbocycles. The summed E-state index contributed by atoms with van der Waals surface area (Å²) in [7, 11) is 4.06. The van der Waals surface area contributed by atoms with Crippen LogP contribution in [-0.2, 0) is 6.42 Å². The molecular weight excluding hydrogens is 282 g/mol. The highest BCUT2D eigenvalue weighted by molar-refractivity contribution is 6.23. The van der Waals surface area contributed by atoms with Crippen LogP contribution in [-0.4, -0.2) is 24.1 Å². The van der Waals surface area contributed by atoms with Crippen LogP contribution in [0.2, 0.25) is 0 Å². The fourth-order valence-corrected chi connectivity index (χ4v) is 2.38. The zero-order valence-electron chi connectivity index (χ0n) is 13.0. The van der Waals surface area contributed by atoms with Gasteiger partial charge in [-0.25, -0.2) is 0 Å². The molecule has 112 valence electrons. The fourth-order valence-electron chi connectivity index (χ4n) is 2.24. The molecule has 3 nitrogen and oxygen atoms in total. The molecule has 0 fully saturated rings. The minimum Gasteiger partial charge on any atom is -0.378 e. The molecule has 1 aromatic heterocycles. The van der Waals surface area contributed by atoms with Gasteiger partial charge in [0, 0.05) is 43.7 Å². The zero-order valence-corrected chi connectivity index (χ0v) is 13.8. The molecule has 2 N–H and O–H groups in total. The minimum atomic E-state index is -0.750. The molecule has 1 heterocycles. The summed E-state index contributed by atoms with van der Waals surface area (Å²) >= 11 is 6.14. The first-order valence-electron chi connectivity index (χ1n) is 6.97. The number of aryl methyl sites for hydroxylation is 1. The Morgan fingerprint density at radius 1 is 1.19 bits per heavy atom. The van der Waals surface area contributed by atoms with E-state index in [-0.39, 0.29) is 0 Å². The van der Waals surface area contributed by atoms with Crippen LogP contribution in [0.4, 0.5) is 5.69 Å². The van der Waals surface area contributed by atoms with Gasteiger partial charge in [-0.05, 0) is 43.2 Å². The molecule has 4 heteroatoms. The van der Waals surface area contributed by atoms with Crippen LogP contribution < -0.4 is 10.6 Å². The summed E-state index contributed by atoms with van der Waals surface area (Å²) in [6.07, 6.45) is 2.49. The molecular formula is C17H22ClN3. The van der Waals surface area contributed by atoms with Crippen molar-refractivity contribution in [3.8, 4) is 11.1 Å². The molecule has 0 saturated carbocycles. The lowest BCUT2D eigenvalue weighted by molar-refractivity contribution is 0.654. The number of pyridine rings is 1. The number of hydrogen-bond donors (Lipinski definition) is 1. The molecule has 1 unspecified atom stereocenters. The molecule has 0 saturated heterocycles. The summed E-state index contributed by atoms with van der Waals surface area (Å²) in [5, 5.41) is 0. The Morgan fingerprint density at radius 3 is 2.33 bits per heavy atom. The number of aromatic nitrogens is 1. The molecule has 1 aromatic carbocycles. The van der Waals surface area contributed by atoms with Gasteiger partial charge in [-0.3, -0.25) is 4.98 Å². The van der Waals surface area contributed by atoms with Gasteiger partial charge in [0.1, 0.15) is 0 Å². The standard InChI is InChI=1S/C17H22ClN3/c1-12-14(10-17(2,18)19)9-15(11-20-12)13-5-7-16(8-6-13)21(3)4/h5-9,11H,10,19H2,1-4H3. The van der Waals surface area contributed by atoms with Crippen LogP contribution in [0.25, 0.3) is 11.1 Å². The van der Waals surface area contributed by atoms with Crippen molar-refractivity contribution >= 4 is 17.3 Å². The van der Waals surface area contributed by atoms with E-state index in [0.717, 1.165) is 22.4 Å². The molecule has 0 radical (unpaired) electrons. The van der Waals surface area contributed by atoms with Crippen LogP contribution in [0.5, 0.6) is 0 Å². The normalized spacial score (nSPS) is 13.8. The Kier molecular flexibility index (Phi) is 4.55. The van der Waals surface area contributed by atoms with Crippen molar-refractivity contribution in [2.75, 3.05) is 19.0 Å². The number of anilines is 1. The van der Waals surface area contributed by atoms with E-state index >= 15 is 0 Å². The number of nitrogens with zero attached hydrogens (tertiary/aromatic N) is 2. The third-order valence-corrected chi connectivity index (χ3v) is 3.58. The third-order valence-electron chi connectivity index (χ3n) is 3.44. The maximum atomic E-state index is 6.14. The summed E-state index contributed by atoms with van der Waals surface area (Å²) in [4.78, 5) is 5.80. The molecule has 0 amide bonds. The highest BCUT2D eigenvalue weighted by Gasteiger charge is 2.17.